The van der Waals surface area contributed by atoms with Crippen molar-refractivity contribution in [1.29, 1.82) is 0 Å². The summed E-state index contributed by atoms with van der Waals surface area (Å²) in [5.41, 5.74) is 3.40. The van der Waals surface area contributed by atoms with E-state index in [9.17, 15) is 9.59 Å². The second kappa shape index (κ2) is 10.6. The van der Waals surface area contributed by atoms with Gasteiger partial charge in [0, 0.05) is 13.2 Å². The van der Waals surface area contributed by atoms with Crippen LogP contribution in [0, 0.1) is 13.8 Å². The summed E-state index contributed by atoms with van der Waals surface area (Å²) in [6.07, 6.45) is 2.79. The lowest BCUT2D eigenvalue weighted by atomic mass is 9.96. The normalized spacial score (nSPS) is 15.3. The molecule has 4 rings (SSSR count). The van der Waals surface area contributed by atoms with Gasteiger partial charge in [0.25, 0.3) is 5.91 Å². The number of fused-ring (bicyclic) bond motifs is 2. The van der Waals surface area contributed by atoms with E-state index in [0.717, 1.165) is 35.3 Å². The molecule has 0 N–H and O–H groups in total. The van der Waals surface area contributed by atoms with Crippen LogP contribution in [0.1, 0.15) is 78.9 Å². The Morgan fingerprint density at radius 1 is 1.06 bits per heavy atom. The van der Waals surface area contributed by atoms with E-state index in [1.807, 2.05) is 64.1 Å². The van der Waals surface area contributed by atoms with Gasteiger partial charge in [0.15, 0.2) is 5.43 Å². The standard InChI is InChI=1S/C29H35NO5/c1-6-7-13-34-22-11-8-10-21(17-22)26-25-27(31)24-20(5)15-19(4)16-23(24)35-28(25)29(32)30(26)12-9-14-33-18(2)3/h8,10-11,15-18,26H,6-7,9,12-14H2,1-5H3. The van der Waals surface area contributed by atoms with Gasteiger partial charge < -0.3 is 18.8 Å². The number of aryl methyl sites for hydroxylation is 2. The molecular formula is C29H35NO5. The molecule has 0 radical (unpaired) electrons. The molecule has 6 heteroatoms. The van der Waals surface area contributed by atoms with Gasteiger partial charge in [0.2, 0.25) is 5.76 Å². The number of nitrogens with zero attached hydrogens (tertiary/aromatic N) is 1. The smallest absolute Gasteiger partial charge is 0.290 e. The number of ether oxygens (including phenoxy) is 2. The molecule has 35 heavy (non-hydrogen) atoms. The second-order valence-corrected chi connectivity index (χ2v) is 9.58. The summed E-state index contributed by atoms with van der Waals surface area (Å²) < 4.78 is 17.8. The molecule has 3 aromatic rings. The molecular weight excluding hydrogens is 442 g/mol. The zero-order chi connectivity index (χ0) is 25.1. The van der Waals surface area contributed by atoms with Crippen LogP contribution in [0.4, 0.5) is 0 Å². The van der Waals surface area contributed by atoms with Crippen LogP contribution in [0.25, 0.3) is 11.0 Å². The molecule has 186 valence electrons. The third-order valence-corrected chi connectivity index (χ3v) is 6.35. The number of amides is 1. The molecule has 1 atom stereocenters. The lowest BCUT2D eigenvalue weighted by Crippen LogP contribution is -2.31. The number of unbranched alkanes of at least 4 members (excludes halogenated alkanes) is 1. The monoisotopic (exact) mass is 477 g/mol. The first-order chi connectivity index (χ1) is 16.8. The highest BCUT2D eigenvalue weighted by Gasteiger charge is 2.42. The summed E-state index contributed by atoms with van der Waals surface area (Å²) in [6, 6.07) is 11.0. The van der Waals surface area contributed by atoms with Crippen LogP contribution >= 0.6 is 0 Å². The van der Waals surface area contributed by atoms with Gasteiger partial charge in [-0.1, -0.05) is 31.5 Å². The lowest BCUT2D eigenvalue weighted by Gasteiger charge is -2.25. The molecule has 0 saturated heterocycles. The van der Waals surface area contributed by atoms with Gasteiger partial charge in [-0.15, -0.1) is 0 Å². The lowest BCUT2D eigenvalue weighted by molar-refractivity contribution is 0.0593. The van der Waals surface area contributed by atoms with Crippen molar-refractivity contribution in [3.63, 3.8) is 0 Å². The number of rotatable bonds is 10. The zero-order valence-electron chi connectivity index (χ0n) is 21.3. The average molecular weight is 478 g/mol. The highest BCUT2D eigenvalue weighted by Crippen LogP contribution is 2.39. The first-order valence-corrected chi connectivity index (χ1v) is 12.5. The maximum atomic E-state index is 13.8. The number of benzene rings is 2. The molecule has 0 aliphatic carbocycles. The Morgan fingerprint density at radius 2 is 1.86 bits per heavy atom. The van der Waals surface area contributed by atoms with Crippen molar-refractivity contribution in [2.45, 2.75) is 66.0 Å². The second-order valence-electron chi connectivity index (χ2n) is 9.58. The number of carbonyl (C=O) groups excluding carboxylic acids is 1. The summed E-state index contributed by atoms with van der Waals surface area (Å²) in [6.45, 7) is 11.6. The topological polar surface area (TPSA) is 69.0 Å². The minimum atomic E-state index is -0.535. The van der Waals surface area contributed by atoms with Crippen LogP contribution in [-0.2, 0) is 4.74 Å². The van der Waals surface area contributed by atoms with Gasteiger partial charge in [-0.3, -0.25) is 9.59 Å². The summed E-state index contributed by atoms with van der Waals surface area (Å²) in [7, 11) is 0. The van der Waals surface area contributed by atoms with Gasteiger partial charge in [0.1, 0.15) is 11.3 Å². The highest BCUT2D eigenvalue weighted by atomic mass is 16.5. The number of carbonyl (C=O) groups is 1. The third kappa shape index (κ3) is 5.13. The third-order valence-electron chi connectivity index (χ3n) is 6.35. The van der Waals surface area contributed by atoms with Crippen LogP contribution in [-0.4, -0.2) is 36.7 Å². The molecule has 0 saturated carbocycles. The van der Waals surface area contributed by atoms with Crippen LogP contribution in [0.15, 0.2) is 45.6 Å². The predicted molar refractivity (Wildman–Crippen MR) is 137 cm³/mol. The molecule has 2 aromatic carbocycles. The van der Waals surface area contributed by atoms with Crippen molar-refractivity contribution in [2.75, 3.05) is 19.8 Å². The van der Waals surface area contributed by atoms with E-state index in [1.54, 1.807) is 4.90 Å². The zero-order valence-corrected chi connectivity index (χ0v) is 21.3. The fourth-order valence-corrected chi connectivity index (χ4v) is 4.75. The first-order valence-electron chi connectivity index (χ1n) is 12.5. The van der Waals surface area contributed by atoms with E-state index < -0.39 is 6.04 Å². The van der Waals surface area contributed by atoms with E-state index in [1.165, 1.54) is 0 Å². The average Bonchev–Trinajstić information content (AvgIpc) is 3.08. The van der Waals surface area contributed by atoms with Crippen molar-refractivity contribution in [3.8, 4) is 5.75 Å². The Kier molecular flexibility index (Phi) is 7.60. The minimum absolute atomic E-state index is 0.119. The van der Waals surface area contributed by atoms with E-state index in [-0.39, 0.29) is 23.2 Å². The van der Waals surface area contributed by atoms with Gasteiger partial charge in [-0.05, 0) is 75.4 Å². The summed E-state index contributed by atoms with van der Waals surface area (Å²) in [4.78, 5) is 29.2. The van der Waals surface area contributed by atoms with Crippen LogP contribution in [0.2, 0.25) is 0 Å². The van der Waals surface area contributed by atoms with E-state index >= 15 is 0 Å². The molecule has 2 heterocycles. The molecule has 1 aliphatic rings. The van der Waals surface area contributed by atoms with Crippen molar-refractivity contribution in [2.24, 2.45) is 0 Å². The summed E-state index contributed by atoms with van der Waals surface area (Å²) >= 11 is 0. The number of hydrogen-bond donors (Lipinski definition) is 0. The van der Waals surface area contributed by atoms with E-state index in [2.05, 4.69) is 6.92 Å². The maximum absolute atomic E-state index is 13.8. The summed E-state index contributed by atoms with van der Waals surface area (Å²) in [5.74, 6) is 0.613. The molecule has 0 bridgehead atoms. The Hall–Kier alpha value is -3.12. The molecule has 1 aliphatic heterocycles. The molecule has 1 aromatic heterocycles. The molecule has 0 fully saturated rings. The van der Waals surface area contributed by atoms with Gasteiger partial charge >= 0.3 is 0 Å². The molecule has 1 amide bonds. The molecule has 0 spiro atoms. The maximum Gasteiger partial charge on any atom is 0.290 e. The van der Waals surface area contributed by atoms with Crippen molar-refractivity contribution in [3.05, 3.63) is 74.6 Å². The highest BCUT2D eigenvalue weighted by molar-refractivity contribution is 5.99. The Labute approximate surface area is 206 Å². The fraction of sp³-hybridized carbons (Fsp3) is 0.448. The van der Waals surface area contributed by atoms with Crippen LogP contribution in [0.5, 0.6) is 5.75 Å². The van der Waals surface area contributed by atoms with Crippen molar-refractivity contribution in [1.82, 2.24) is 4.90 Å². The number of hydrogen-bond acceptors (Lipinski definition) is 5. The van der Waals surface area contributed by atoms with Gasteiger partial charge in [-0.2, -0.15) is 0 Å². The van der Waals surface area contributed by atoms with Crippen LogP contribution < -0.4 is 10.2 Å². The van der Waals surface area contributed by atoms with Crippen LogP contribution in [0.3, 0.4) is 0 Å². The van der Waals surface area contributed by atoms with E-state index in [4.69, 9.17) is 13.9 Å². The van der Waals surface area contributed by atoms with Crippen molar-refractivity contribution >= 4 is 16.9 Å². The van der Waals surface area contributed by atoms with Gasteiger partial charge in [-0.25, -0.2) is 0 Å². The largest absolute Gasteiger partial charge is 0.494 e. The molecule has 6 nitrogen and oxygen atoms in total. The summed E-state index contributed by atoms with van der Waals surface area (Å²) in [5, 5.41) is 0.535. The molecule has 1 unspecified atom stereocenters. The quantitative estimate of drug-likeness (QED) is 0.338. The van der Waals surface area contributed by atoms with E-state index in [0.29, 0.717) is 42.7 Å². The Balaban J connectivity index is 1.80. The predicted octanol–water partition coefficient (Wildman–Crippen LogP) is 5.95. The Bertz CT molecular complexity index is 1280. The Morgan fingerprint density at radius 3 is 2.60 bits per heavy atom. The van der Waals surface area contributed by atoms with Gasteiger partial charge in [0.05, 0.1) is 29.7 Å². The SMILES string of the molecule is CCCCOc1cccc(C2c3c(oc4cc(C)cc(C)c4c3=O)C(=O)N2CCCOC(C)C)c1. The fourth-order valence-electron chi connectivity index (χ4n) is 4.75. The first kappa shape index (κ1) is 25.0. The minimum Gasteiger partial charge on any atom is -0.494 e. The van der Waals surface area contributed by atoms with Crippen molar-refractivity contribution < 1.29 is 18.7 Å².